The Kier molecular flexibility index (Phi) is 9.27. The summed E-state index contributed by atoms with van der Waals surface area (Å²) in [4.78, 5) is 16.9. The van der Waals surface area contributed by atoms with Crippen LogP contribution in [0.2, 0.25) is 0 Å². The van der Waals surface area contributed by atoms with E-state index in [4.69, 9.17) is 9.47 Å². The van der Waals surface area contributed by atoms with Crippen LogP contribution in [0.1, 0.15) is 56.7 Å². The van der Waals surface area contributed by atoms with E-state index in [1.807, 2.05) is 0 Å². The molecular weight excluding hydrogens is 561 g/mol. The number of ether oxygens (including phenoxy) is 3. The Bertz CT molecular complexity index is 1480. The van der Waals surface area contributed by atoms with Crippen molar-refractivity contribution < 1.29 is 36.2 Å². The van der Waals surface area contributed by atoms with Crippen molar-refractivity contribution in [3.05, 3.63) is 71.8 Å². The minimum absolute atomic E-state index is 0.00956. The van der Waals surface area contributed by atoms with Crippen LogP contribution in [-0.4, -0.2) is 39.5 Å². The number of allylic oxidation sites excluding steroid dienone is 2. The molecule has 1 saturated carbocycles. The van der Waals surface area contributed by atoms with E-state index in [1.54, 1.807) is 51.3 Å². The Morgan fingerprint density at radius 3 is 2.40 bits per heavy atom. The van der Waals surface area contributed by atoms with Crippen molar-refractivity contribution in [3.8, 4) is 23.0 Å². The Morgan fingerprint density at radius 1 is 1.17 bits per heavy atom. The molecule has 0 unspecified atom stereocenters. The summed E-state index contributed by atoms with van der Waals surface area (Å²) < 4.78 is 83.4. The Morgan fingerprint density at radius 2 is 1.86 bits per heavy atom. The molecule has 0 bridgehead atoms. The highest BCUT2D eigenvalue weighted by molar-refractivity contribution is 5.78. The van der Waals surface area contributed by atoms with Crippen LogP contribution in [0.15, 0.2) is 59.7 Å². The second-order valence-electron chi connectivity index (χ2n) is 9.72. The Balaban J connectivity index is 1.61. The first-order valence-electron chi connectivity index (χ1n) is 13.1. The number of aromatic nitrogens is 4. The van der Waals surface area contributed by atoms with Crippen LogP contribution >= 0.6 is 0 Å². The van der Waals surface area contributed by atoms with E-state index < -0.39 is 18.5 Å². The van der Waals surface area contributed by atoms with Crippen LogP contribution in [0.4, 0.5) is 22.0 Å². The molecule has 0 aliphatic heterocycles. The highest BCUT2D eigenvalue weighted by atomic mass is 19.4. The molecule has 13 heteroatoms. The van der Waals surface area contributed by atoms with Gasteiger partial charge in [-0.15, -0.1) is 0 Å². The predicted molar refractivity (Wildman–Crippen MR) is 146 cm³/mol. The molecule has 3 aromatic rings. The molecule has 224 valence electrons. The van der Waals surface area contributed by atoms with Crippen LogP contribution in [0.5, 0.6) is 11.6 Å². The van der Waals surface area contributed by atoms with Gasteiger partial charge in [0.05, 0.1) is 24.6 Å². The molecule has 0 saturated heterocycles. The van der Waals surface area contributed by atoms with E-state index in [0.717, 1.165) is 19.0 Å². The lowest BCUT2D eigenvalue weighted by atomic mass is 10.1. The molecule has 4 rings (SSSR count). The third-order valence-corrected chi connectivity index (χ3v) is 6.33. The fraction of sp³-hybridized carbons (Fsp3) is 0.379. The highest BCUT2D eigenvalue weighted by Crippen LogP contribution is 2.43. The molecule has 2 heterocycles. The van der Waals surface area contributed by atoms with Crippen molar-refractivity contribution in [2.75, 3.05) is 7.11 Å². The number of halogens is 5. The van der Waals surface area contributed by atoms with E-state index in [-0.39, 0.29) is 53.2 Å². The Hall–Kier alpha value is -4.29. The number of nitrogens with zero attached hydrogens (tertiary/aromatic N) is 5. The zero-order valence-corrected chi connectivity index (χ0v) is 23.5. The lowest BCUT2D eigenvalue weighted by Gasteiger charge is -2.16. The van der Waals surface area contributed by atoms with Crippen LogP contribution in [-0.2, 0) is 17.5 Å². The summed E-state index contributed by atoms with van der Waals surface area (Å²) in [5.41, 5.74) is 0.848. The maximum Gasteiger partial charge on any atom is 0.434 e. The van der Waals surface area contributed by atoms with Crippen LogP contribution in [0, 0.1) is 5.92 Å². The minimum Gasteiger partial charge on any atom is -0.490 e. The first-order chi connectivity index (χ1) is 19.9. The van der Waals surface area contributed by atoms with Gasteiger partial charge < -0.3 is 18.8 Å². The monoisotopic (exact) mass is 591 g/mol. The van der Waals surface area contributed by atoms with Crippen molar-refractivity contribution in [1.29, 1.82) is 0 Å². The number of alkyl halides is 5. The number of hydrogen-bond acceptors (Lipinski definition) is 7. The van der Waals surface area contributed by atoms with Gasteiger partial charge in [0.2, 0.25) is 0 Å². The van der Waals surface area contributed by atoms with Crippen molar-refractivity contribution in [2.45, 2.75) is 59.0 Å². The minimum atomic E-state index is -4.56. The zero-order valence-electron chi connectivity index (χ0n) is 23.5. The maximum atomic E-state index is 13.3. The van der Waals surface area contributed by atoms with Crippen molar-refractivity contribution in [1.82, 2.24) is 19.5 Å². The standard InChI is InChI=1S/C29H30F5N5O3/c1-6-35-24(19-11-12-19)23(17(4)42-28(30)31)25-36-13-21(40-5)27(38-25)41-15-18-7-9-20(10-8-18)26-37-22(29(32,33)34)14-39(26)16(2)3/h6-10,13-14,16,19,28H,4,11-12,15H2,1-3,5H3/b24-23+,35-6?. The SMILES string of the molecule is C=C(OC(F)F)/C(=C(\N=CC)C1CC1)c1ncc(OC)c(OCc2ccc(-c3nc(C(F)(F)F)cn3C(C)C)cc2)n1. The molecule has 1 aromatic carbocycles. The van der Waals surface area contributed by atoms with Crippen LogP contribution in [0.25, 0.3) is 17.0 Å². The third-order valence-electron chi connectivity index (χ3n) is 6.33. The van der Waals surface area contributed by atoms with E-state index >= 15 is 0 Å². The predicted octanol–water partition coefficient (Wildman–Crippen LogP) is 7.49. The molecule has 1 aliphatic carbocycles. The van der Waals surface area contributed by atoms with Gasteiger partial charge in [-0.25, -0.2) is 9.97 Å². The van der Waals surface area contributed by atoms with E-state index in [1.165, 1.54) is 17.9 Å². The average molecular weight is 592 g/mol. The van der Waals surface area contributed by atoms with E-state index in [0.29, 0.717) is 16.8 Å². The van der Waals surface area contributed by atoms with Gasteiger partial charge in [0, 0.05) is 29.9 Å². The van der Waals surface area contributed by atoms with Gasteiger partial charge in [0.15, 0.2) is 17.3 Å². The van der Waals surface area contributed by atoms with Gasteiger partial charge in [-0.1, -0.05) is 30.8 Å². The van der Waals surface area contributed by atoms with Crippen LogP contribution < -0.4 is 9.47 Å². The van der Waals surface area contributed by atoms with Gasteiger partial charge >= 0.3 is 12.8 Å². The molecule has 0 atom stereocenters. The quantitative estimate of drug-likeness (QED) is 0.0939. The molecule has 0 amide bonds. The average Bonchev–Trinajstić information content (AvgIpc) is 3.67. The fourth-order valence-corrected chi connectivity index (χ4v) is 4.18. The van der Waals surface area contributed by atoms with Crippen LogP contribution in [0.3, 0.4) is 0 Å². The second kappa shape index (κ2) is 12.7. The molecule has 1 aliphatic rings. The van der Waals surface area contributed by atoms with E-state index in [9.17, 15) is 22.0 Å². The van der Waals surface area contributed by atoms with Gasteiger partial charge in [-0.3, -0.25) is 4.99 Å². The maximum absolute atomic E-state index is 13.3. The molecular formula is C29H30F5N5O3. The third kappa shape index (κ3) is 7.12. The number of imidazole rings is 1. The zero-order chi connectivity index (χ0) is 30.6. The summed E-state index contributed by atoms with van der Waals surface area (Å²) >= 11 is 0. The summed E-state index contributed by atoms with van der Waals surface area (Å²) in [5, 5.41) is 0. The van der Waals surface area contributed by atoms with Gasteiger partial charge in [-0.05, 0) is 39.2 Å². The van der Waals surface area contributed by atoms with Gasteiger partial charge in [0.25, 0.3) is 5.88 Å². The molecule has 42 heavy (non-hydrogen) atoms. The summed E-state index contributed by atoms with van der Waals surface area (Å²) in [7, 11) is 1.40. The molecule has 0 N–H and O–H groups in total. The summed E-state index contributed by atoms with van der Waals surface area (Å²) in [6.45, 7) is 5.82. The topological polar surface area (TPSA) is 83.7 Å². The second-order valence-corrected chi connectivity index (χ2v) is 9.72. The summed E-state index contributed by atoms with van der Waals surface area (Å²) in [6, 6.07) is 6.46. The molecule has 2 aromatic heterocycles. The summed E-state index contributed by atoms with van der Waals surface area (Å²) in [6.07, 6.45) is 0.977. The molecule has 1 fully saturated rings. The molecule has 0 radical (unpaired) electrons. The Labute approximate surface area is 239 Å². The fourth-order valence-electron chi connectivity index (χ4n) is 4.18. The lowest BCUT2D eigenvalue weighted by Crippen LogP contribution is -2.08. The van der Waals surface area contributed by atoms with Crippen molar-refractivity contribution >= 4 is 11.8 Å². The van der Waals surface area contributed by atoms with Crippen molar-refractivity contribution in [3.63, 3.8) is 0 Å². The number of benzene rings is 1. The number of rotatable bonds is 12. The summed E-state index contributed by atoms with van der Waals surface area (Å²) in [5.74, 6) is 0.161. The first kappa shape index (κ1) is 30.7. The van der Waals surface area contributed by atoms with Gasteiger partial charge in [0.1, 0.15) is 18.2 Å². The smallest absolute Gasteiger partial charge is 0.434 e. The number of hydrogen-bond donors (Lipinski definition) is 0. The number of methoxy groups -OCH3 is 1. The molecule has 8 nitrogen and oxygen atoms in total. The highest BCUT2D eigenvalue weighted by Gasteiger charge is 2.35. The largest absolute Gasteiger partial charge is 0.490 e. The van der Waals surface area contributed by atoms with Gasteiger partial charge in [-0.2, -0.15) is 26.9 Å². The first-order valence-corrected chi connectivity index (χ1v) is 13.1. The van der Waals surface area contributed by atoms with Crippen molar-refractivity contribution in [2.24, 2.45) is 10.9 Å². The number of aliphatic imine (C=N–C) groups is 1. The van der Waals surface area contributed by atoms with E-state index in [2.05, 4.69) is 31.3 Å². The molecule has 0 spiro atoms. The lowest BCUT2D eigenvalue weighted by molar-refractivity contribution is -0.140. The normalized spacial score (nSPS) is 14.5.